The lowest BCUT2D eigenvalue weighted by atomic mass is 9.81. The first-order chi connectivity index (χ1) is 12.4. The van der Waals surface area contributed by atoms with E-state index in [9.17, 15) is 18.3 Å². The van der Waals surface area contributed by atoms with E-state index in [0.29, 0.717) is 25.3 Å². The molecular weight excluding hydrogens is 383 g/mol. The molecule has 2 aromatic rings. The van der Waals surface area contributed by atoms with Gasteiger partial charge in [0.2, 0.25) is 0 Å². The highest BCUT2D eigenvalue weighted by Gasteiger charge is 2.41. The zero-order valence-corrected chi connectivity index (χ0v) is 15.2. The van der Waals surface area contributed by atoms with E-state index in [1.165, 1.54) is 18.2 Å². The molecule has 8 heteroatoms. The molecule has 0 aromatic heterocycles. The Labute approximate surface area is 161 Å². The molecule has 0 saturated carbocycles. The lowest BCUT2D eigenvalue weighted by Crippen LogP contribution is -2.52. The molecule has 1 aliphatic rings. The maximum absolute atomic E-state index is 12.7. The van der Waals surface area contributed by atoms with E-state index in [4.69, 9.17) is 4.74 Å². The van der Waals surface area contributed by atoms with Crippen LogP contribution in [0.5, 0.6) is 5.75 Å². The highest BCUT2D eigenvalue weighted by atomic mass is 35.5. The predicted molar refractivity (Wildman–Crippen MR) is 97.0 cm³/mol. The molecule has 1 saturated heterocycles. The molecule has 1 heterocycles. The summed E-state index contributed by atoms with van der Waals surface area (Å²) in [5.41, 5.74) is -0.666. The van der Waals surface area contributed by atoms with E-state index >= 15 is 0 Å². The van der Waals surface area contributed by atoms with Crippen LogP contribution in [0.1, 0.15) is 11.1 Å². The first-order valence-corrected chi connectivity index (χ1v) is 8.32. The van der Waals surface area contributed by atoms with E-state index in [1.807, 2.05) is 6.07 Å². The van der Waals surface area contributed by atoms with Crippen molar-refractivity contribution in [3.63, 3.8) is 0 Å². The van der Waals surface area contributed by atoms with Gasteiger partial charge in [0, 0.05) is 19.5 Å². The van der Waals surface area contributed by atoms with E-state index in [-0.39, 0.29) is 30.1 Å². The van der Waals surface area contributed by atoms with Gasteiger partial charge in [0.25, 0.3) is 0 Å². The molecule has 3 rings (SSSR count). The van der Waals surface area contributed by atoms with Crippen LogP contribution in [0.2, 0.25) is 0 Å². The van der Waals surface area contributed by atoms with Crippen molar-refractivity contribution in [2.45, 2.75) is 24.5 Å². The number of ether oxygens (including phenoxy) is 2. The zero-order chi connectivity index (χ0) is 18.6. The molecule has 1 fully saturated rings. The van der Waals surface area contributed by atoms with Crippen molar-refractivity contribution >= 4 is 12.4 Å². The summed E-state index contributed by atoms with van der Waals surface area (Å²) in [7, 11) is 0. The van der Waals surface area contributed by atoms with Gasteiger partial charge in [0.05, 0.1) is 6.61 Å². The van der Waals surface area contributed by atoms with Crippen LogP contribution in [0.25, 0.3) is 0 Å². The van der Waals surface area contributed by atoms with E-state index in [0.717, 1.165) is 0 Å². The molecule has 4 nitrogen and oxygen atoms in total. The van der Waals surface area contributed by atoms with Gasteiger partial charge in [-0.3, -0.25) is 0 Å². The van der Waals surface area contributed by atoms with Gasteiger partial charge in [-0.05, 0) is 17.2 Å². The largest absolute Gasteiger partial charge is 0.573 e. The fourth-order valence-electron chi connectivity index (χ4n) is 3.17. The van der Waals surface area contributed by atoms with Gasteiger partial charge in [-0.25, -0.2) is 0 Å². The van der Waals surface area contributed by atoms with Crippen LogP contribution >= 0.6 is 12.4 Å². The Morgan fingerprint density at radius 3 is 2.37 bits per heavy atom. The quantitative estimate of drug-likeness (QED) is 0.803. The summed E-state index contributed by atoms with van der Waals surface area (Å²) in [6, 6.07) is 14.7. The molecule has 1 aliphatic heterocycles. The van der Waals surface area contributed by atoms with Gasteiger partial charge in [0.15, 0.2) is 0 Å². The van der Waals surface area contributed by atoms with Crippen LogP contribution in [-0.2, 0) is 16.8 Å². The molecule has 2 N–H and O–H groups in total. The van der Waals surface area contributed by atoms with Crippen molar-refractivity contribution < 1.29 is 27.8 Å². The fraction of sp³-hybridized carbons (Fsp3) is 0.368. The number of hydrogen-bond acceptors (Lipinski definition) is 4. The summed E-state index contributed by atoms with van der Waals surface area (Å²) in [6.07, 6.45) is -5.47. The average Bonchev–Trinajstić information content (AvgIpc) is 2.63. The van der Waals surface area contributed by atoms with Gasteiger partial charge >= 0.3 is 6.36 Å². The number of alkyl halides is 3. The topological polar surface area (TPSA) is 50.7 Å². The van der Waals surface area contributed by atoms with Crippen molar-refractivity contribution in [1.29, 1.82) is 0 Å². The van der Waals surface area contributed by atoms with Crippen molar-refractivity contribution in [2.24, 2.45) is 0 Å². The third kappa shape index (κ3) is 5.35. The fourth-order valence-corrected chi connectivity index (χ4v) is 3.17. The maximum Gasteiger partial charge on any atom is 0.573 e. The third-order valence-electron chi connectivity index (χ3n) is 4.39. The number of nitrogens with one attached hydrogen (secondary N) is 1. The van der Waals surface area contributed by atoms with E-state index < -0.39 is 18.1 Å². The number of aliphatic hydroxyl groups is 1. The van der Waals surface area contributed by atoms with Crippen molar-refractivity contribution in [2.75, 3.05) is 19.7 Å². The smallest absolute Gasteiger partial charge is 0.406 e. The second kappa shape index (κ2) is 8.93. The number of hydrogen-bond donors (Lipinski definition) is 2. The number of halogens is 4. The van der Waals surface area contributed by atoms with Gasteiger partial charge in [-0.2, -0.15) is 0 Å². The van der Waals surface area contributed by atoms with Crippen LogP contribution in [0.4, 0.5) is 13.2 Å². The molecule has 2 atom stereocenters. The first-order valence-electron chi connectivity index (χ1n) is 8.32. The number of morpholine rings is 1. The minimum absolute atomic E-state index is 0. The highest BCUT2D eigenvalue weighted by Crippen LogP contribution is 2.36. The number of para-hydroxylation sites is 1. The van der Waals surface area contributed by atoms with Crippen LogP contribution in [0.15, 0.2) is 54.6 Å². The Bertz CT molecular complexity index is 724. The highest BCUT2D eigenvalue weighted by molar-refractivity contribution is 5.85. The summed E-state index contributed by atoms with van der Waals surface area (Å²) in [4.78, 5) is 0. The van der Waals surface area contributed by atoms with Crippen molar-refractivity contribution in [1.82, 2.24) is 5.32 Å². The van der Waals surface area contributed by atoms with Crippen LogP contribution < -0.4 is 10.1 Å². The van der Waals surface area contributed by atoms with E-state index in [2.05, 4.69) is 10.1 Å². The second-order valence-electron chi connectivity index (χ2n) is 6.19. The van der Waals surface area contributed by atoms with Crippen LogP contribution in [0, 0.1) is 0 Å². The predicted octanol–water partition coefficient (Wildman–Crippen LogP) is 3.43. The normalized spacial score (nSPS) is 19.6. The SMILES string of the molecule is Cl.O[C@](Cc1ccccc1OC(F)(F)F)(c1ccccc1)[C@H]1CNCCO1. The lowest BCUT2D eigenvalue weighted by molar-refractivity contribution is -0.275. The first kappa shape index (κ1) is 21.5. The number of rotatable bonds is 5. The van der Waals surface area contributed by atoms with E-state index in [1.54, 1.807) is 30.3 Å². The number of benzene rings is 2. The molecule has 0 spiro atoms. The van der Waals surface area contributed by atoms with Crippen molar-refractivity contribution in [3.8, 4) is 5.75 Å². The molecule has 0 aliphatic carbocycles. The molecule has 0 unspecified atom stereocenters. The van der Waals surface area contributed by atoms with Gasteiger partial charge in [0.1, 0.15) is 17.5 Å². The molecule has 0 radical (unpaired) electrons. The Morgan fingerprint density at radius 2 is 1.74 bits per heavy atom. The van der Waals surface area contributed by atoms with Gasteiger partial charge in [-0.15, -0.1) is 25.6 Å². The lowest BCUT2D eigenvalue weighted by Gasteiger charge is -2.39. The standard InChI is InChI=1S/C19H20F3NO3.ClH/c20-19(21,22)26-16-9-5-4-6-14(16)12-18(24,15-7-2-1-3-8-15)17-13-23-10-11-25-17;/h1-9,17,23-24H,10-13H2;1H/t17-,18-;/m1./s1. The molecular formula is C19H21ClF3NO3. The molecule has 148 valence electrons. The zero-order valence-electron chi connectivity index (χ0n) is 14.4. The monoisotopic (exact) mass is 403 g/mol. The third-order valence-corrected chi connectivity index (χ3v) is 4.39. The van der Waals surface area contributed by atoms with Crippen LogP contribution in [-0.4, -0.2) is 37.3 Å². The summed E-state index contributed by atoms with van der Waals surface area (Å²) < 4.78 is 48.0. The summed E-state index contributed by atoms with van der Waals surface area (Å²) in [5, 5.41) is 14.6. The van der Waals surface area contributed by atoms with Crippen molar-refractivity contribution in [3.05, 3.63) is 65.7 Å². The minimum atomic E-state index is -4.80. The summed E-state index contributed by atoms with van der Waals surface area (Å²) >= 11 is 0. The summed E-state index contributed by atoms with van der Waals surface area (Å²) in [6.45, 7) is 1.48. The Kier molecular flexibility index (Phi) is 7.11. The minimum Gasteiger partial charge on any atom is -0.406 e. The molecule has 0 bridgehead atoms. The second-order valence-corrected chi connectivity index (χ2v) is 6.19. The van der Waals surface area contributed by atoms with Gasteiger partial charge in [-0.1, -0.05) is 48.5 Å². The average molecular weight is 404 g/mol. The Hall–Kier alpha value is -1.80. The van der Waals surface area contributed by atoms with Crippen LogP contribution in [0.3, 0.4) is 0 Å². The van der Waals surface area contributed by atoms with Gasteiger partial charge < -0.3 is 19.9 Å². The molecule has 27 heavy (non-hydrogen) atoms. The maximum atomic E-state index is 12.7. The Morgan fingerprint density at radius 1 is 1.07 bits per heavy atom. The Balaban J connectivity index is 0.00000261. The molecule has 0 amide bonds. The molecule has 2 aromatic carbocycles. The summed E-state index contributed by atoms with van der Waals surface area (Å²) in [5.74, 6) is -0.321.